The molecule has 35 heavy (non-hydrogen) atoms. The summed E-state index contributed by atoms with van der Waals surface area (Å²) in [4.78, 5) is 23.6. The molecule has 0 aliphatic rings. The summed E-state index contributed by atoms with van der Waals surface area (Å²) < 4.78 is 12.0. The monoisotopic (exact) mass is 537 g/mol. The first-order valence-corrected chi connectivity index (χ1v) is 13.5. The van der Waals surface area contributed by atoms with E-state index in [9.17, 15) is 4.79 Å². The maximum absolute atomic E-state index is 13.4. The molecule has 192 valence electrons. The molecule has 0 saturated heterocycles. The number of thiazole rings is 1. The van der Waals surface area contributed by atoms with Crippen molar-refractivity contribution in [3.05, 3.63) is 42.0 Å². The summed E-state index contributed by atoms with van der Waals surface area (Å²) in [5.74, 6) is 2.43. The quantitative estimate of drug-likeness (QED) is 0.189. The van der Waals surface area contributed by atoms with Gasteiger partial charge in [0.1, 0.15) is 21.7 Å². The number of nitrogens with zero attached hydrogens (tertiary/aromatic N) is 3. The molecule has 1 heterocycles. The number of benzene rings is 2. The first kappa shape index (κ1) is 29.2. The zero-order valence-corrected chi connectivity index (χ0v) is 23.7. The number of anilines is 1. The molecule has 0 aliphatic heterocycles. The molecule has 2 aromatic carbocycles. The van der Waals surface area contributed by atoms with Crippen molar-refractivity contribution in [2.45, 2.75) is 38.5 Å². The standard InChI is InChI=1S/C26H35N3O3S2.ClH/c1-6-28(7-2)16-17-29(23(30)9-8-18-33-20-12-10-19(3)11-13-20)26-27-24-21(31-4)14-15-22(32-5)25(24)34-26;/h10-15H,6-9,16-18H2,1-5H3;1H. The number of hydrogen-bond donors (Lipinski definition) is 0. The van der Waals surface area contributed by atoms with Crippen LogP contribution in [-0.2, 0) is 4.79 Å². The van der Waals surface area contributed by atoms with Gasteiger partial charge in [0, 0.05) is 24.4 Å². The normalized spacial score (nSPS) is 10.9. The maximum Gasteiger partial charge on any atom is 0.228 e. The fraction of sp³-hybridized carbons (Fsp3) is 0.462. The predicted octanol–water partition coefficient (Wildman–Crippen LogP) is 6.29. The number of aromatic nitrogens is 1. The van der Waals surface area contributed by atoms with Crippen molar-refractivity contribution in [1.82, 2.24) is 9.88 Å². The number of thioether (sulfide) groups is 1. The highest BCUT2D eigenvalue weighted by atomic mass is 35.5. The molecule has 0 unspecified atom stereocenters. The number of aryl methyl sites for hydroxylation is 1. The van der Waals surface area contributed by atoms with Crippen LogP contribution in [0.1, 0.15) is 32.3 Å². The van der Waals surface area contributed by atoms with E-state index in [0.29, 0.717) is 23.8 Å². The number of halogens is 1. The molecule has 1 amide bonds. The number of rotatable bonds is 13. The van der Waals surface area contributed by atoms with Gasteiger partial charge in [-0.1, -0.05) is 42.9 Å². The van der Waals surface area contributed by atoms with Crippen molar-refractivity contribution in [3.63, 3.8) is 0 Å². The minimum atomic E-state index is 0. The van der Waals surface area contributed by atoms with E-state index in [4.69, 9.17) is 14.5 Å². The van der Waals surface area contributed by atoms with Gasteiger partial charge in [0.2, 0.25) is 5.91 Å². The molecule has 1 aromatic heterocycles. The topological polar surface area (TPSA) is 54.9 Å². The fourth-order valence-corrected chi connectivity index (χ4v) is 5.65. The smallest absolute Gasteiger partial charge is 0.228 e. The third-order valence-corrected chi connectivity index (χ3v) is 7.98. The second-order valence-corrected chi connectivity index (χ2v) is 10.1. The van der Waals surface area contributed by atoms with Crippen molar-refractivity contribution in [2.75, 3.05) is 51.1 Å². The molecule has 0 N–H and O–H groups in total. The zero-order chi connectivity index (χ0) is 24.5. The molecular formula is C26H36ClN3O3S2. The van der Waals surface area contributed by atoms with Gasteiger partial charge in [-0.05, 0) is 56.5 Å². The Kier molecular flexibility index (Phi) is 12.1. The van der Waals surface area contributed by atoms with E-state index in [2.05, 4.69) is 49.9 Å². The van der Waals surface area contributed by atoms with Crippen molar-refractivity contribution >= 4 is 56.8 Å². The zero-order valence-electron chi connectivity index (χ0n) is 21.2. The van der Waals surface area contributed by atoms with Crippen LogP contribution in [0, 0.1) is 6.92 Å². The number of hydrogen-bond acceptors (Lipinski definition) is 7. The van der Waals surface area contributed by atoms with Gasteiger partial charge < -0.3 is 14.4 Å². The summed E-state index contributed by atoms with van der Waals surface area (Å²) in [7, 11) is 3.28. The molecule has 0 aliphatic carbocycles. The molecule has 0 spiro atoms. The first-order chi connectivity index (χ1) is 16.5. The van der Waals surface area contributed by atoms with Crippen LogP contribution in [0.3, 0.4) is 0 Å². The van der Waals surface area contributed by atoms with Gasteiger partial charge in [-0.2, -0.15) is 0 Å². The summed E-state index contributed by atoms with van der Waals surface area (Å²) in [6, 6.07) is 12.3. The van der Waals surface area contributed by atoms with Crippen LogP contribution in [0.4, 0.5) is 5.13 Å². The Morgan fingerprint density at radius 2 is 1.66 bits per heavy atom. The lowest BCUT2D eigenvalue weighted by Gasteiger charge is -2.24. The Morgan fingerprint density at radius 1 is 1.00 bits per heavy atom. The van der Waals surface area contributed by atoms with Gasteiger partial charge >= 0.3 is 0 Å². The molecule has 0 radical (unpaired) electrons. The minimum Gasteiger partial charge on any atom is -0.495 e. The number of carbonyl (C=O) groups excluding carboxylic acids is 1. The number of ether oxygens (including phenoxy) is 2. The van der Waals surface area contributed by atoms with Crippen LogP contribution in [0.5, 0.6) is 11.5 Å². The van der Waals surface area contributed by atoms with Crippen LogP contribution in [-0.4, -0.2) is 61.9 Å². The average molecular weight is 538 g/mol. The lowest BCUT2D eigenvalue weighted by Crippen LogP contribution is -2.38. The minimum absolute atomic E-state index is 0. The summed E-state index contributed by atoms with van der Waals surface area (Å²) in [6.45, 7) is 9.70. The number of fused-ring (bicyclic) bond motifs is 1. The molecule has 6 nitrogen and oxygen atoms in total. The van der Waals surface area contributed by atoms with Crippen molar-refractivity contribution in [1.29, 1.82) is 0 Å². The highest BCUT2D eigenvalue weighted by Crippen LogP contribution is 2.40. The fourth-order valence-electron chi connectivity index (χ4n) is 3.68. The average Bonchev–Trinajstić information content (AvgIpc) is 3.30. The Bertz CT molecular complexity index is 1030. The maximum atomic E-state index is 13.4. The molecule has 0 bridgehead atoms. The highest BCUT2D eigenvalue weighted by Gasteiger charge is 2.22. The molecule has 0 saturated carbocycles. The predicted molar refractivity (Wildman–Crippen MR) is 151 cm³/mol. The van der Waals surface area contributed by atoms with Gasteiger partial charge in [0.05, 0.1) is 14.2 Å². The number of amides is 1. The lowest BCUT2D eigenvalue weighted by molar-refractivity contribution is -0.118. The molecular weight excluding hydrogens is 502 g/mol. The molecule has 9 heteroatoms. The van der Waals surface area contributed by atoms with Crippen molar-refractivity contribution in [3.8, 4) is 11.5 Å². The summed E-state index contributed by atoms with van der Waals surface area (Å²) in [6.07, 6.45) is 1.30. The molecule has 3 aromatic rings. The second-order valence-electron chi connectivity index (χ2n) is 7.98. The van der Waals surface area contributed by atoms with E-state index in [0.717, 1.165) is 47.8 Å². The van der Waals surface area contributed by atoms with Crippen molar-refractivity contribution in [2.24, 2.45) is 0 Å². The van der Waals surface area contributed by atoms with E-state index in [-0.39, 0.29) is 18.3 Å². The number of likely N-dealkylation sites (N-methyl/N-ethyl adjacent to an activating group) is 1. The van der Waals surface area contributed by atoms with Crippen LogP contribution < -0.4 is 14.4 Å². The SMILES string of the molecule is CCN(CC)CCN(C(=O)CCCSc1ccc(C)cc1)c1nc2c(OC)ccc(OC)c2s1.Cl. The van der Waals surface area contributed by atoms with E-state index in [1.165, 1.54) is 21.8 Å². The highest BCUT2D eigenvalue weighted by molar-refractivity contribution is 7.99. The summed E-state index contributed by atoms with van der Waals surface area (Å²) in [5.41, 5.74) is 1.99. The van der Waals surface area contributed by atoms with Crippen LogP contribution in [0.25, 0.3) is 10.2 Å². The number of methoxy groups -OCH3 is 2. The van der Waals surface area contributed by atoms with Crippen LogP contribution in [0.2, 0.25) is 0 Å². The molecule has 3 rings (SSSR count). The largest absolute Gasteiger partial charge is 0.495 e. The molecule has 0 atom stereocenters. The molecule has 0 fully saturated rings. The second kappa shape index (κ2) is 14.5. The van der Waals surface area contributed by atoms with E-state index in [1.54, 1.807) is 26.0 Å². The Balaban J connectivity index is 0.00000432. The number of carbonyl (C=O) groups is 1. The first-order valence-electron chi connectivity index (χ1n) is 11.7. The van der Waals surface area contributed by atoms with Gasteiger partial charge in [-0.25, -0.2) is 4.98 Å². The Hall–Kier alpha value is -2.00. The Morgan fingerprint density at radius 3 is 2.29 bits per heavy atom. The Labute approximate surface area is 223 Å². The van der Waals surface area contributed by atoms with Crippen LogP contribution >= 0.6 is 35.5 Å². The summed E-state index contributed by atoms with van der Waals surface area (Å²) >= 11 is 3.28. The van der Waals surface area contributed by atoms with Crippen molar-refractivity contribution < 1.29 is 14.3 Å². The lowest BCUT2D eigenvalue weighted by atomic mass is 10.2. The van der Waals surface area contributed by atoms with Gasteiger partial charge in [-0.3, -0.25) is 9.69 Å². The van der Waals surface area contributed by atoms with Crippen LogP contribution in [0.15, 0.2) is 41.3 Å². The van der Waals surface area contributed by atoms with Gasteiger partial charge in [-0.15, -0.1) is 24.2 Å². The third kappa shape index (κ3) is 7.74. The summed E-state index contributed by atoms with van der Waals surface area (Å²) in [5, 5.41) is 0.696. The third-order valence-electron chi connectivity index (χ3n) is 5.79. The van der Waals surface area contributed by atoms with E-state index < -0.39 is 0 Å². The van der Waals surface area contributed by atoms with E-state index in [1.807, 2.05) is 17.0 Å². The van der Waals surface area contributed by atoms with Gasteiger partial charge in [0.25, 0.3) is 0 Å². The van der Waals surface area contributed by atoms with E-state index >= 15 is 0 Å². The van der Waals surface area contributed by atoms with Gasteiger partial charge in [0.15, 0.2) is 5.13 Å².